The summed E-state index contributed by atoms with van der Waals surface area (Å²) in [5.74, 6) is 1.29. The number of amides is 1. The van der Waals surface area contributed by atoms with E-state index in [0.717, 1.165) is 16.9 Å². The minimum absolute atomic E-state index is 0.160. The molecular weight excluding hydrogens is 546 g/mol. The molecule has 1 amide bonds. The highest BCUT2D eigenvalue weighted by atomic mass is 35.5. The van der Waals surface area contributed by atoms with Gasteiger partial charge in [-0.25, -0.2) is 0 Å². The van der Waals surface area contributed by atoms with E-state index in [9.17, 15) is 9.90 Å². The molecule has 1 unspecified atom stereocenters. The van der Waals surface area contributed by atoms with Crippen LogP contribution in [0.4, 0.5) is 0 Å². The molecule has 0 aliphatic rings. The Morgan fingerprint density at radius 1 is 1.00 bits per heavy atom. The fourth-order valence-corrected chi connectivity index (χ4v) is 5.06. The molecule has 0 aliphatic heterocycles. The number of halogens is 1. The molecular formula is C35H38ClN3O3. The first-order valence-corrected chi connectivity index (χ1v) is 14.7. The van der Waals surface area contributed by atoms with Crippen LogP contribution in [0.5, 0.6) is 0 Å². The molecule has 0 radical (unpaired) electrons. The Balaban J connectivity index is 1.47. The number of hydrogen-bond donors (Lipinski definition) is 3. The van der Waals surface area contributed by atoms with Gasteiger partial charge in [-0.05, 0) is 86.2 Å². The molecule has 4 rings (SSSR count). The van der Waals surface area contributed by atoms with Gasteiger partial charge in [-0.3, -0.25) is 4.79 Å². The topological polar surface area (TPSA) is 98.3 Å². The third kappa shape index (κ3) is 8.33. The second kappa shape index (κ2) is 14.3. The van der Waals surface area contributed by atoms with E-state index in [2.05, 4.69) is 54.8 Å². The van der Waals surface area contributed by atoms with Gasteiger partial charge >= 0.3 is 0 Å². The number of nitrogens with zero attached hydrogens (tertiary/aromatic N) is 1. The Hall–Kier alpha value is -3.89. The van der Waals surface area contributed by atoms with Crippen molar-refractivity contribution in [1.82, 2.24) is 10.6 Å². The van der Waals surface area contributed by atoms with E-state index in [-0.39, 0.29) is 17.9 Å². The maximum atomic E-state index is 13.5. The number of hydrogen-bond acceptors (Lipinski definition) is 5. The third-order valence-electron chi connectivity index (χ3n) is 7.35. The van der Waals surface area contributed by atoms with E-state index in [1.165, 1.54) is 11.1 Å². The molecule has 0 fully saturated rings. The standard InChI is InChI=1S/C35H38ClN3O3/c1-22(2)17-33(40)32(18-25-7-9-26(20-37)10-8-25)39-35(41)30-19-28(13-15-31(30)36)34-16-14-29(42-34)21-38-24(4)27-11-5-23(3)6-12-27/h5-16,19,22,24,32-33,38,40H,17-18,21H2,1-4H3,(H,39,41)/t24-,32-,33?/m1/s1. The van der Waals surface area contributed by atoms with Crippen molar-refractivity contribution in [3.05, 3.63) is 117 Å². The molecule has 218 valence electrons. The lowest BCUT2D eigenvalue weighted by molar-refractivity contribution is 0.0780. The van der Waals surface area contributed by atoms with Gasteiger partial charge in [-0.2, -0.15) is 5.26 Å². The Bertz CT molecular complexity index is 1520. The van der Waals surface area contributed by atoms with Gasteiger partial charge in [0.2, 0.25) is 0 Å². The molecule has 6 nitrogen and oxygen atoms in total. The van der Waals surface area contributed by atoms with Gasteiger partial charge in [0.05, 0.1) is 40.9 Å². The molecule has 1 aromatic heterocycles. The van der Waals surface area contributed by atoms with Crippen LogP contribution in [0.2, 0.25) is 5.02 Å². The first kappa shape index (κ1) is 31.1. The number of nitriles is 1. The zero-order valence-electron chi connectivity index (χ0n) is 24.5. The van der Waals surface area contributed by atoms with Gasteiger partial charge in [-0.15, -0.1) is 0 Å². The van der Waals surface area contributed by atoms with Crippen LogP contribution in [0, 0.1) is 24.2 Å². The molecule has 0 aliphatic carbocycles. The molecule has 3 atom stereocenters. The van der Waals surface area contributed by atoms with Crippen LogP contribution in [0.3, 0.4) is 0 Å². The summed E-state index contributed by atoms with van der Waals surface area (Å²) in [5.41, 5.74) is 4.94. The van der Waals surface area contributed by atoms with Crippen molar-refractivity contribution in [3.63, 3.8) is 0 Å². The summed E-state index contributed by atoms with van der Waals surface area (Å²) in [4.78, 5) is 13.5. The maximum absolute atomic E-state index is 13.5. The smallest absolute Gasteiger partial charge is 0.253 e. The van der Waals surface area contributed by atoms with Gasteiger partial charge in [0, 0.05) is 11.6 Å². The van der Waals surface area contributed by atoms with Gasteiger partial charge in [0.25, 0.3) is 5.91 Å². The van der Waals surface area contributed by atoms with Gasteiger partial charge < -0.3 is 20.2 Å². The second-order valence-electron chi connectivity index (χ2n) is 11.3. The Morgan fingerprint density at radius 3 is 2.38 bits per heavy atom. The molecule has 7 heteroatoms. The Labute approximate surface area is 253 Å². The van der Waals surface area contributed by atoms with Gasteiger partial charge in [0.1, 0.15) is 11.5 Å². The van der Waals surface area contributed by atoms with E-state index < -0.39 is 12.1 Å². The fourth-order valence-electron chi connectivity index (χ4n) is 4.85. The van der Waals surface area contributed by atoms with Crippen LogP contribution in [-0.2, 0) is 13.0 Å². The van der Waals surface area contributed by atoms with Crippen molar-refractivity contribution in [3.8, 4) is 17.4 Å². The summed E-state index contributed by atoms with van der Waals surface area (Å²) in [6.07, 6.45) is 0.188. The van der Waals surface area contributed by atoms with Crippen LogP contribution in [0.25, 0.3) is 11.3 Å². The van der Waals surface area contributed by atoms with Crippen LogP contribution < -0.4 is 10.6 Å². The van der Waals surface area contributed by atoms with E-state index in [1.807, 2.05) is 44.2 Å². The Kier molecular flexibility index (Phi) is 10.6. The largest absolute Gasteiger partial charge is 0.460 e. The molecule has 42 heavy (non-hydrogen) atoms. The molecule has 3 N–H and O–H groups in total. The number of aryl methyl sites for hydroxylation is 1. The van der Waals surface area contributed by atoms with Crippen LogP contribution in [0.15, 0.2) is 83.3 Å². The predicted octanol–water partition coefficient (Wildman–Crippen LogP) is 7.38. The van der Waals surface area contributed by atoms with Crippen LogP contribution >= 0.6 is 11.6 Å². The number of nitrogens with one attached hydrogen (secondary N) is 2. The lowest BCUT2D eigenvalue weighted by Gasteiger charge is -2.26. The van der Waals surface area contributed by atoms with E-state index >= 15 is 0 Å². The molecule has 4 aromatic rings. The summed E-state index contributed by atoms with van der Waals surface area (Å²) in [6, 6.07) is 26.4. The summed E-state index contributed by atoms with van der Waals surface area (Å²) in [6.45, 7) is 8.80. The normalized spacial score (nSPS) is 13.4. The first-order valence-electron chi connectivity index (χ1n) is 14.3. The second-order valence-corrected chi connectivity index (χ2v) is 11.7. The zero-order chi connectivity index (χ0) is 30.2. The van der Waals surface area contributed by atoms with Crippen molar-refractivity contribution < 1.29 is 14.3 Å². The lowest BCUT2D eigenvalue weighted by atomic mass is 9.94. The number of furan rings is 1. The summed E-state index contributed by atoms with van der Waals surface area (Å²) >= 11 is 6.48. The van der Waals surface area contributed by atoms with E-state index in [0.29, 0.717) is 41.3 Å². The SMILES string of the molecule is Cc1ccc([C@@H](C)NCc2ccc(-c3ccc(Cl)c(C(=O)N[C@H](Cc4ccc(C#N)cc4)C(O)CC(C)C)c3)o2)cc1. The van der Waals surface area contributed by atoms with Crippen molar-refractivity contribution in [2.75, 3.05) is 0 Å². The zero-order valence-corrected chi connectivity index (χ0v) is 25.3. The summed E-state index contributed by atoms with van der Waals surface area (Å²) in [5, 5.41) is 26.9. The molecule has 0 bridgehead atoms. The number of aliphatic hydroxyl groups is 1. The third-order valence-corrected chi connectivity index (χ3v) is 7.68. The predicted molar refractivity (Wildman–Crippen MR) is 167 cm³/mol. The van der Waals surface area contributed by atoms with Gasteiger partial charge in [0.15, 0.2) is 0 Å². The average Bonchev–Trinajstić information content (AvgIpc) is 3.45. The number of carbonyl (C=O) groups excluding carboxylic acids is 1. The van der Waals surface area contributed by atoms with Crippen molar-refractivity contribution in [2.24, 2.45) is 5.92 Å². The first-order chi connectivity index (χ1) is 20.1. The van der Waals surface area contributed by atoms with Crippen molar-refractivity contribution >= 4 is 17.5 Å². The highest BCUT2D eigenvalue weighted by Gasteiger charge is 2.25. The van der Waals surface area contributed by atoms with Crippen molar-refractivity contribution in [2.45, 2.75) is 65.3 Å². The highest BCUT2D eigenvalue weighted by molar-refractivity contribution is 6.34. The minimum Gasteiger partial charge on any atom is -0.460 e. The van der Waals surface area contributed by atoms with Crippen molar-refractivity contribution in [1.29, 1.82) is 5.26 Å². The number of aliphatic hydroxyl groups excluding tert-OH is 1. The average molecular weight is 584 g/mol. The molecule has 0 saturated carbocycles. The number of benzene rings is 3. The molecule has 0 saturated heterocycles. The monoisotopic (exact) mass is 583 g/mol. The van der Waals surface area contributed by atoms with Crippen LogP contribution in [-0.4, -0.2) is 23.2 Å². The molecule has 0 spiro atoms. The number of rotatable bonds is 12. The van der Waals surface area contributed by atoms with E-state index in [1.54, 1.807) is 24.3 Å². The fraction of sp³-hybridized carbons (Fsp3) is 0.314. The lowest BCUT2D eigenvalue weighted by Crippen LogP contribution is -2.45. The summed E-state index contributed by atoms with van der Waals surface area (Å²) in [7, 11) is 0. The minimum atomic E-state index is -0.756. The Morgan fingerprint density at radius 2 is 1.71 bits per heavy atom. The van der Waals surface area contributed by atoms with Gasteiger partial charge in [-0.1, -0.05) is 67.4 Å². The summed E-state index contributed by atoms with van der Waals surface area (Å²) < 4.78 is 6.11. The number of carbonyl (C=O) groups is 1. The van der Waals surface area contributed by atoms with E-state index in [4.69, 9.17) is 21.3 Å². The quantitative estimate of drug-likeness (QED) is 0.162. The molecule has 1 heterocycles. The highest BCUT2D eigenvalue weighted by Crippen LogP contribution is 2.28. The maximum Gasteiger partial charge on any atom is 0.253 e. The molecule has 3 aromatic carbocycles. The van der Waals surface area contributed by atoms with Crippen LogP contribution in [0.1, 0.15) is 71.6 Å².